The predicted octanol–water partition coefficient (Wildman–Crippen LogP) is 11.2. The minimum Gasteiger partial charge on any atom is -0.512 e. The first-order valence-corrected chi connectivity index (χ1v) is 16.1. The predicted molar refractivity (Wildman–Crippen MR) is 180 cm³/mol. The number of pyridine rings is 1. The van der Waals surface area contributed by atoms with Crippen LogP contribution in [0.2, 0.25) is 0 Å². The fourth-order valence-corrected chi connectivity index (χ4v) is 6.00. The van der Waals surface area contributed by atoms with Crippen molar-refractivity contribution in [3.05, 3.63) is 77.7 Å². The number of fused-ring (bicyclic) bond motifs is 3. The molecule has 0 fully saturated rings. The van der Waals surface area contributed by atoms with E-state index in [1.807, 2.05) is 33.9 Å². The van der Waals surface area contributed by atoms with Crippen LogP contribution in [0, 0.1) is 23.8 Å². The van der Waals surface area contributed by atoms with Gasteiger partial charge in [-0.1, -0.05) is 96.2 Å². The van der Waals surface area contributed by atoms with E-state index in [1.54, 1.807) is 0 Å². The molecule has 1 aromatic heterocycles. The summed E-state index contributed by atoms with van der Waals surface area (Å²) in [6, 6.07) is 18.6. The van der Waals surface area contributed by atoms with E-state index >= 15 is 0 Å². The van der Waals surface area contributed by atoms with Crippen LogP contribution in [-0.4, -0.2) is 15.9 Å². The third-order valence-electron chi connectivity index (χ3n) is 8.67. The minimum atomic E-state index is 0. The number of hydrogen-bond donors (Lipinski definition) is 1. The molecule has 1 aliphatic rings. The average molecular weight is 771 g/mol. The molecule has 44 heavy (non-hydrogen) atoms. The third kappa shape index (κ3) is 7.61. The second-order valence-electron chi connectivity index (χ2n) is 12.5. The molecule has 0 aliphatic carbocycles. The van der Waals surface area contributed by atoms with Gasteiger partial charge in [0.15, 0.2) is 5.78 Å². The first-order chi connectivity index (χ1) is 20.6. The van der Waals surface area contributed by atoms with Gasteiger partial charge in [-0.15, -0.1) is 17.5 Å². The Labute approximate surface area is 277 Å². The molecule has 0 saturated carbocycles. The molecule has 3 aromatic carbocycles. The second-order valence-corrected chi connectivity index (χ2v) is 12.5. The van der Waals surface area contributed by atoms with Crippen molar-refractivity contribution >= 4 is 27.3 Å². The van der Waals surface area contributed by atoms with Gasteiger partial charge >= 0.3 is 0 Å². The first kappa shape index (κ1) is 35.5. The van der Waals surface area contributed by atoms with Crippen LogP contribution in [0.4, 0.5) is 0 Å². The summed E-state index contributed by atoms with van der Waals surface area (Å²) < 4.78 is 6.61. The Bertz CT molecular complexity index is 1610. The molecule has 0 bridgehead atoms. The molecule has 0 atom stereocenters. The molecule has 0 amide bonds. The summed E-state index contributed by atoms with van der Waals surface area (Å²) >= 11 is 0. The molecule has 5 heteroatoms. The number of carbonyl (C=O) groups excluding carboxylic acids is 1. The number of aromatic nitrogens is 1. The zero-order chi connectivity index (χ0) is 31.3. The maximum Gasteiger partial charge on any atom is 0.162 e. The van der Waals surface area contributed by atoms with Crippen molar-refractivity contribution in [3.63, 3.8) is 0 Å². The van der Waals surface area contributed by atoms with Gasteiger partial charge in [0.25, 0.3) is 0 Å². The van der Waals surface area contributed by atoms with E-state index in [-0.39, 0.29) is 43.5 Å². The smallest absolute Gasteiger partial charge is 0.162 e. The van der Waals surface area contributed by atoms with Gasteiger partial charge in [0.2, 0.25) is 0 Å². The summed E-state index contributed by atoms with van der Waals surface area (Å²) in [5, 5.41) is 14.4. The van der Waals surface area contributed by atoms with Crippen molar-refractivity contribution < 1.29 is 34.7 Å². The SMILES string of the molecule is CC(C)Cc1c2c([c-]c3ccccc13)-c1nccc3cc(C(C)C)cc(c13)O2.CCC(CC)C(=O)/C=C(\O)C(CC)CC.[Ir]. The largest absolute Gasteiger partial charge is 0.512 e. The van der Waals surface area contributed by atoms with Crippen molar-refractivity contribution in [2.45, 2.75) is 93.4 Å². The Balaban J connectivity index is 0.000000286. The number of hydrogen-bond acceptors (Lipinski definition) is 4. The van der Waals surface area contributed by atoms with Gasteiger partial charge in [0, 0.05) is 55.3 Å². The van der Waals surface area contributed by atoms with Crippen molar-refractivity contribution in [1.29, 1.82) is 0 Å². The molecule has 4 aromatic rings. The van der Waals surface area contributed by atoms with Crippen LogP contribution in [0.3, 0.4) is 0 Å². The Morgan fingerprint density at radius 2 is 1.61 bits per heavy atom. The van der Waals surface area contributed by atoms with Crippen LogP contribution in [0.25, 0.3) is 32.8 Å². The molecule has 0 spiro atoms. The first-order valence-electron chi connectivity index (χ1n) is 16.1. The number of allylic oxidation sites excluding steroid dienone is 2. The number of carbonyl (C=O) groups is 1. The molecule has 1 N–H and O–H groups in total. The molecule has 1 radical (unpaired) electrons. The number of rotatable bonds is 10. The Morgan fingerprint density at radius 3 is 2.23 bits per heavy atom. The number of ether oxygens (including phenoxy) is 1. The van der Waals surface area contributed by atoms with Crippen molar-refractivity contribution in [2.24, 2.45) is 17.8 Å². The summed E-state index contributed by atoms with van der Waals surface area (Å²) in [4.78, 5) is 16.5. The molecule has 0 saturated heterocycles. The molecular weight excluding hydrogens is 723 g/mol. The molecule has 5 rings (SSSR count). The Morgan fingerprint density at radius 1 is 0.955 bits per heavy atom. The van der Waals surface area contributed by atoms with E-state index in [1.165, 1.54) is 28.0 Å². The van der Waals surface area contributed by atoms with Crippen molar-refractivity contribution in [1.82, 2.24) is 4.98 Å². The maximum atomic E-state index is 11.7. The zero-order valence-electron chi connectivity index (χ0n) is 27.6. The van der Waals surface area contributed by atoms with Crippen LogP contribution < -0.4 is 4.74 Å². The number of ketones is 1. The van der Waals surface area contributed by atoms with Crippen LogP contribution in [0.5, 0.6) is 11.5 Å². The summed E-state index contributed by atoms with van der Waals surface area (Å²) in [5.74, 6) is 3.38. The number of aliphatic hydroxyl groups is 1. The van der Waals surface area contributed by atoms with Crippen molar-refractivity contribution in [3.8, 4) is 22.8 Å². The maximum absolute atomic E-state index is 11.7. The van der Waals surface area contributed by atoms with Crippen molar-refractivity contribution in [2.75, 3.05) is 0 Å². The summed E-state index contributed by atoms with van der Waals surface area (Å²) in [6.07, 6.45) is 7.78. The Hall–Kier alpha value is -3.01. The fourth-order valence-electron chi connectivity index (χ4n) is 6.00. The number of benzene rings is 3. The third-order valence-corrected chi connectivity index (χ3v) is 8.67. The Kier molecular flexibility index (Phi) is 12.8. The molecular formula is C39H48IrNO3-. The molecule has 2 heterocycles. The van der Waals surface area contributed by atoms with E-state index in [9.17, 15) is 9.90 Å². The molecule has 1 aliphatic heterocycles. The van der Waals surface area contributed by atoms with E-state index in [2.05, 4.69) is 76.2 Å². The van der Waals surface area contributed by atoms with Crippen LogP contribution >= 0.6 is 0 Å². The van der Waals surface area contributed by atoms with E-state index in [0.717, 1.165) is 65.6 Å². The van der Waals surface area contributed by atoms with Gasteiger partial charge in [-0.2, -0.15) is 0 Å². The monoisotopic (exact) mass is 771 g/mol. The van der Waals surface area contributed by atoms with Gasteiger partial charge in [0.1, 0.15) is 5.75 Å². The van der Waals surface area contributed by atoms with Crippen LogP contribution in [0.1, 0.15) is 98.1 Å². The number of nitrogens with zero attached hydrogens (tertiary/aromatic N) is 1. The van der Waals surface area contributed by atoms with Gasteiger partial charge < -0.3 is 9.84 Å². The van der Waals surface area contributed by atoms with Gasteiger partial charge in [-0.3, -0.25) is 9.78 Å². The van der Waals surface area contributed by atoms with Gasteiger partial charge in [-0.05, 0) is 67.0 Å². The zero-order valence-corrected chi connectivity index (χ0v) is 30.0. The molecule has 237 valence electrons. The number of aliphatic hydroxyl groups excluding tert-OH is 1. The molecule has 0 unspecified atom stereocenters. The van der Waals surface area contributed by atoms with Crippen LogP contribution in [-0.2, 0) is 31.3 Å². The standard InChI is InChI=1S/C26H24NO.C13H24O2.Ir/c1-15(2)11-21-20-8-6-5-7-17(20)13-22-25-24-18(9-10-27-25)12-19(16(3)4)14-23(24)28-26(21)22;1-5-10(6-2)12(14)9-13(15)11(7-3)8-4;/h5-10,12,14-16H,11H2,1-4H3;9-11,14H,5-8H2,1-4H3;/q-1;;/b;12-9-;. The van der Waals surface area contributed by atoms with E-state index < -0.39 is 0 Å². The quantitative estimate of drug-likeness (QED) is 0.0873. The summed E-state index contributed by atoms with van der Waals surface area (Å²) in [7, 11) is 0. The normalized spacial score (nSPS) is 12.3. The minimum absolute atomic E-state index is 0. The fraction of sp³-hybridized carbons (Fsp3) is 0.436. The van der Waals surface area contributed by atoms with Gasteiger partial charge in [-0.25, -0.2) is 0 Å². The van der Waals surface area contributed by atoms with Gasteiger partial charge in [0.05, 0.1) is 11.5 Å². The molecule has 4 nitrogen and oxygen atoms in total. The summed E-state index contributed by atoms with van der Waals surface area (Å²) in [5.41, 5.74) is 4.53. The van der Waals surface area contributed by atoms with Crippen LogP contribution in [0.15, 0.2) is 60.5 Å². The topological polar surface area (TPSA) is 59.4 Å². The van der Waals surface area contributed by atoms with E-state index in [0.29, 0.717) is 11.8 Å². The average Bonchev–Trinajstić information content (AvgIpc) is 2.99. The summed E-state index contributed by atoms with van der Waals surface area (Å²) in [6.45, 7) is 17.0. The van der Waals surface area contributed by atoms with E-state index in [4.69, 9.17) is 9.72 Å². The second kappa shape index (κ2) is 15.8.